The lowest BCUT2D eigenvalue weighted by molar-refractivity contribution is -0.257. The summed E-state index contributed by atoms with van der Waals surface area (Å²) in [5.74, 6) is 0.0974. The zero-order valence-corrected chi connectivity index (χ0v) is 39.3. The molecule has 354 valence electrons. The third kappa shape index (κ3) is 13.8. The molecule has 0 radical (unpaired) electrons. The van der Waals surface area contributed by atoms with E-state index in [0.29, 0.717) is 56.2 Å². The van der Waals surface area contributed by atoms with Crippen LogP contribution in [0.15, 0.2) is 47.7 Å². The highest BCUT2D eigenvalue weighted by molar-refractivity contribution is 6.03. The van der Waals surface area contributed by atoms with E-state index in [2.05, 4.69) is 31.8 Å². The van der Waals surface area contributed by atoms with E-state index < -0.39 is 23.8 Å². The van der Waals surface area contributed by atoms with Crippen LogP contribution in [0.25, 0.3) is 0 Å². The average Bonchev–Trinajstić information content (AvgIpc) is 3.82. The van der Waals surface area contributed by atoms with Crippen LogP contribution in [-0.2, 0) is 14.4 Å². The van der Waals surface area contributed by atoms with Gasteiger partial charge in [-0.1, -0.05) is 127 Å². The molecule has 0 bridgehead atoms. The predicted octanol–water partition coefficient (Wildman–Crippen LogP) is 11.2. The fourth-order valence-electron chi connectivity index (χ4n) is 11.2. The van der Waals surface area contributed by atoms with Crippen molar-refractivity contribution in [1.82, 2.24) is 10.2 Å². The number of nitrogens with zero attached hydrogens (tertiary/aromatic N) is 2. The fraction of sp³-hybridized carbons (Fsp3) is 0.750. The first kappa shape index (κ1) is 50.6. The summed E-state index contributed by atoms with van der Waals surface area (Å²) in [5.41, 5.74) is 2.71. The van der Waals surface area contributed by atoms with Crippen LogP contribution >= 0.6 is 0 Å². The van der Waals surface area contributed by atoms with E-state index in [4.69, 9.17) is 24.2 Å². The number of aliphatic hydroxyl groups is 2. The van der Waals surface area contributed by atoms with E-state index in [9.17, 15) is 19.8 Å². The molecular weight excluding hydrogens is 795 g/mol. The molecule has 1 aliphatic heterocycles. The Morgan fingerprint density at radius 3 is 2.29 bits per heavy atom. The van der Waals surface area contributed by atoms with Gasteiger partial charge >= 0.3 is 6.09 Å². The number of unbranched alkanes of at least 4 members (excludes halogenated alkanes) is 11. The van der Waals surface area contributed by atoms with E-state index >= 15 is 0 Å². The van der Waals surface area contributed by atoms with Crippen molar-refractivity contribution in [3.8, 4) is 11.5 Å². The van der Waals surface area contributed by atoms with E-state index in [0.717, 1.165) is 68.2 Å². The topological polar surface area (TPSA) is 139 Å². The molecular formula is C52H83N3O8. The smallest absolute Gasteiger partial charge is 0.412 e. The van der Waals surface area contributed by atoms with E-state index in [-0.39, 0.29) is 43.5 Å². The summed E-state index contributed by atoms with van der Waals surface area (Å²) >= 11 is 0. The van der Waals surface area contributed by atoms with Crippen molar-refractivity contribution in [2.75, 3.05) is 40.0 Å². The van der Waals surface area contributed by atoms with Crippen LogP contribution in [0.3, 0.4) is 0 Å². The van der Waals surface area contributed by atoms with Crippen molar-refractivity contribution in [3.05, 3.63) is 48.1 Å². The highest BCUT2D eigenvalue weighted by atomic mass is 16.7. The molecule has 1 heterocycles. The number of benzene rings is 1. The Bertz CT molecular complexity index is 1610. The minimum atomic E-state index is -1.29. The van der Waals surface area contributed by atoms with Gasteiger partial charge in [-0.3, -0.25) is 4.79 Å². The Labute approximate surface area is 379 Å². The summed E-state index contributed by atoms with van der Waals surface area (Å²) in [6.45, 7) is 9.96. The van der Waals surface area contributed by atoms with Gasteiger partial charge in [0.15, 0.2) is 0 Å². The van der Waals surface area contributed by atoms with Crippen LogP contribution in [0, 0.1) is 23.7 Å². The molecule has 4 aliphatic rings. The van der Waals surface area contributed by atoms with E-state index in [1.807, 2.05) is 17.0 Å². The van der Waals surface area contributed by atoms with Crippen molar-refractivity contribution >= 4 is 17.7 Å². The van der Waals surface area contributed by atoms with Gasteiger partial charge in [0.05, 0.1) is 18.2 Å². The van der Waals surface area contributed by atoms with E-state index in [1.165, 1.54) is 77.0 Å². The SMILES string of the molecule is C=CCOC12Oc3ccc(OC(=O)NCCCCCCCCCCCC)cc3C3C(CCCCO)C(CCCCO)C=C(C(=NOC)CC1N(CCC)C(=O)CCC1CCCC1)C32. The summed E-state index contributed by atoms with van der Waals surface area (Å²) in [7, 11) is 1.57. The molecule has 11 heteroatoms. The molecule has 2 amide bonds. The molecule has 63 heavy (non-hydrogen) atoms. The largest absolute Gasteiger partial charge is 0.459 e. The number of carbonyl (C=O) groups excluding carboxylic acids is 2. The normalized spacial score (nSPS) is 24.6. The number of amides is 2. The van der Waals surface area contributed by atoms with Gasteiger partial charge in [-0.15, -0.1) is 6.58 Å². The van der Waals surface area contributed by atoms with Gasteiger partial charge in [0.25, 0.3) is 0 Å². The second-order valence-electron chi connectivity index (χ2n) is 18.7. The maximum atomic E-state index is 14.6. The van der Waals surface area contributed by atoms with Gasteiger partial charge in [0.2, 0.25) is 11.7 Å². The molecule has 1 aromatic carbocycles. The molecule has 6 unspecified atom stereocenters. The maximum Gasteiger partial charge on any atom is 0.412 e. The van der Waals surface area contributed by atoms with Crippen LogP contribution in [0.5, 0.6) is 11.5 Å². The first-order chi connectivity index (χ1) is 30.8. The quantitative estimate of drug-likeness (QED) is 0.0394. The molecule has 2 saturated carbocycles. The van der Waals surface area contributed by atoms with Crippen LogP contribution in [-0.4, -0.2) is 84.7 Å². The van der Waals surface area contributed by atoms with Gasteiger partial charge in [-0.05, 0) is 86.5 Å². The maximum absolute atomic E-state index is 14.6. The van der Waals surface area contributed by atoms with Crippen LogP contribution in [0.4, 0.5) is 4.79 Å². The number of ether oxygens (including phenoxy) is 3. The second-order valence-corrected chi connectivity index (χ2v) is 18.7. The van der Waals surface area contributed by atoms with Crippen molar-refractivity contribution in [2.24, 2.45) is 28.8 Å². The Hall–Kier alpha value is -3.41. The van der Waals surface area contributed by atoms with Crippen LogP contribution < -0.4 is 14.8 Å². The van der Waals surface area contributed by atoms with Crippen molar-refractivity contribution in [3.63, 3.8) is 0 Å². The predicted molar refractivity (Wildman–Crippen MR) is 251 cm³/mol. The molecule has 0 aromatic heterocycles. The number of allylic oxidation sites excluding steroid dienone is 1. The second kappa shape index (κ2) is 27.2. The molecule has 0 spiro atoms. The molecule has 6 atom stereocenters. The van der Waals surface area contributed by atoms with Crippen molar-refractivity contribution in [1.29, 1.82) is 0 Å². The van der Waals surface area contributed by atoms with Crippen molar-refractivity contribution < 1.29 is 38.9 Å². The number of hydrogen-bond acceptors (Lipinski definition) is 9. The standard InChI is InChI=1S/C52H83N3O8/c1-5-8-9-10-11-12-13-14-15-20-31-53-51(59)62-41-28-29-46-44(37-41)49-42(26-19-22-34-57)40(25-18-21-33-56)36-43-45(54-60-4)38-47(52(63-46,50(43)49)61-35-7-3)55(32-6-2)48(58)30-27-39-23-16-17-24-39/h7,28-29,36-37,39-40,42,47,49-50,56-57H,3,5-6,8-27,30-35,38H2,1-2,4H3,(H,53,59). The average molecular weight is 878 g/mol. The molecule has 0 saturated heterocycles. The lowest BCUT2D eigenvalue weighted by Gasteiger charge is -2.60. The zero-order chi connectivity index (χ0) is 44.9. The minimum absolute atomic E-state index is 0.0824. The summed E-state index contributed by atoms with van der Waals surface area (Å²) in [5, 5.41) is 27.5. The lowest BCUT2D eigenvalue weighted by Crippen LogP contribution is -2.70. The number of aliphatic hydroxyl groups excluding tert-OH is 2. The van der Waals surface area contributed by atoms with Crippen molar-refractivity contribution in [2.45, 2.75) is 186 Å². The van der Waals surface area contributed by atoms with Gasteiger partial charge in [0, 0.05) is 50.6 Å². The number of rotatable bonds is 30. The third-order valence-corrected chi connectivity index (χ3v) is 14.3. The van der Waals surface area contributed by atoms with Gasteiger partial charge < -0.3 is 39.5 Å². The monoisotopic (exact) mass is 878 g/mol. The van der Waals surface area contributed by atoms with Crippen LogP contribution in [0.1, 0.15) is 179 Å². The summed E-state index contributed by atoms with van der Waals surface area (Å²) < 4.78 is 20.4. The number of nitrogens with one attached hydrogen (secondary N) is 1. The Morgan fingerprint density at radius 1 is 0.921 bits per heavy atom. The minimum Gasteiger partial charge on any atom is -0.459 e. The fourth-order valence-corrected chi connectivity index (χ4v) is 11.2. The highest BCUT2D eigenvalue weighted by Crippen LogP contribution is 2.62. The first-order valence-corrected chi connectivity index (χ1v) is 25.2. The zero-order valence-electron chi connectivity index (χ0n) is 39.3. The van der Waals surface area contributed by atoms with Crippen LogP contribution in [0.2, 0.25) is 0 Å². The Morgan fingerprint density at radius 2 is 1.62 bits per heavy atom. The van der Waals surface area contributed by atoms with Gasteiger partial charge in [-0.2, -0.15) is 0 Å². The summed E-state index contributed by atoms with van der Waals surface area (Å²) in [6.07, 6.45) is 28.0. The Kier molecular flexibility index (Phi) is 21.8. The molecule has 2 fully saturated rings. The molecule has 1 aromatic rings. The number of carbonyl (C=O) groups is 2. The Balaban J connectivity index is 1.49. The highest BCUT2D eigenvalue weighted by Gasteiger charge is 2.65. The molecule has 3 N–H and O–H groups in total. The number of oxime groups is 1. The summed E-state index contributed by atoms with van der Waals surface area (Å²) in [4.78, 5) is 35.5. The van der Waals surface area contributed by atoms with Gasteiger partial charge in [-0.25, -0.2) is 4.79 Å². The third-order valence-electron chi connectivity index (χ3n) is 14.3. The first-order valence-electron chi connectivity index (χ1n) is 25.2. The molecule has 3 aliphatic carbocycles. The summed E-state index contributed by atoms with van der Waals surface area (Å²) in [6, 6.07) is 5.15. The van der Waals surface area contributed by atoms with Gasteiger partial charge in [0.1, 0.15) is 24.7 Å². The number of fused-ring (bicyclic) bond motifs is 2. The number of hydrogen-bond donors (Lipinski definition) is 3. The molecule has 11 nitrogen and oxygen atoms in total. The van der Waals surface area contributed by atoms with E-state index in [1.54, 1.807) is 19.3 Å². The molecule has 5 rings (SSSR count). The lowest BCUT2D eigenvalue weighted by atomic mass is 9.55.